The molecule has 0 saturated carbocycles. The Hall–Kier alpha value is -1.95. The van der Waals surface area contributed by atoms with Gasteiger partial charge in [0.05, 0.1) is 4.90 Å². The van der Waals surface area contributed by atoms with E-state index in [1.807, 2.05) is 0 Å². The number of sulfonamides is 1. The Morgan fingerprint density at radius 3 is 2.62 bits per heavy atom. The Morgan fingerprint density at radius 2 is 2.00 bits per heavy atom. The van der Waals surface area contributed by atoms with Gasteiger partial charge in [0.1, 0.15) is 11.6 Å². The van der Waals surface area contributed by atoms with E-state index >= 15 is 0 Å². The van der Waals surface area contributed by atoms with E-state index in [-0.39, 0.29) is 10.6 Å². The van der Waals surface area contributed by atoms with Crippen LogP contribution >= 0.6 is 0 Å². The van der Waals surface area contributed by atoms with Crippen LogP contribution in [0.3, 0.4) is 0 Å². The Bertz CT molecular complexity index is 576. The van der Waals surface area contributed by atoms with Crippen LogP contribution in [0.5, 0.6) is 5.75 Å². The fourth-order valence-corrected chi connectivity index (χ4v) is 2.32. The second-order valence-electron chi connectivity index (χ2n) is 3.19. The van der Waals surface area contributed by atoms with E-state index in [4.69, 9.17) is 0 Å². The third kappa shape index (κ3) is 2.17. The average molecular weight is 238 g/mol. The van der Waals surface area contributed by atoms with Crippen molar-refractivity contribution in [3.8, 4) is 5.75 Å². The lowest BCUT2D eigenvalue weighted by Crippen LogP contribution is -2.12. The van der Waals surface area contributed by atoms with Crippen molar-refractivity contribution in [2.24, 2.45) is 0 Å². The van der Waals surface area contributed by atoms with Crippen molar-refractivity contribution in [2.75, 3.05) is 4.72 Å². The molecule has 5 nitrogen and oxygen atoms in total. The number of aromatic hydroxyl groups is 1. The number of nitrogens with one attached hydrogen (secondary N) is 2. The molecule has 0 aliphatic carbocycles. The summed E-state index contributed by atoms with van der Waals surface area (Å²) in [5.74, 6) is 0.290. The van der Waals surface area contributed by atoms with Crippen LogP contribution in [0.4, 0.5) is 5.82 Å². The van der Waals surface area contributed by atoms with Gasteiger partial charge in [0.25, 0.3) is 10.0 Å². The van der Waals surface area contributed by atoms with E-state index in [1.165, 1.54) is 24.3 Å². The van der Waals surface area contributed by atoms with Crippen molar-refractivity contribution >= 4 is 15.8 Å². The fraction of sp³-hybridized carbons (Fsp3) is 0. The molecule has 0 radical (unpaired) electrons. The van der Waals surface area contributed by atoms with Gasteiger partial charge in [0.2, 0.25) is 0 Å². The van der Waals surface area contributed by atoms with Gasteiger partial charge >= 0.3 is 0 Å². The molecule has 0 saturated heterocycles. The van der Waals surface area contributed by atoms with E-state index in [2.05, 4.69) is 9.71 Å². The maximum Gasteiger partial charge on any atom is 0.263 e. The summed E-state index contributed by atoms with van der Waals surface area (Å²) in [6, 6.07) is 8.75. The minimum Gasteiger partial charge on any atom is -0.508 e. The van der Waals surface area contributed by atoms with Gasteiger partial charge in [-0.15, -0.1) is 0 Å². The lowest BCUT2D eigenvalue weighted by atomic mass is 10.3. The molecule has 1 heterocycles. The number of aromatic nitrogens is 1. The Labute approximate surface area is 92.8 Å². The number of hydrogen-bond donors (Lipinski definition) is 3. The fourth-order valence-electron chi connectivity index (χ4n) is 1.25. The van der Waals surface area contributed by atoms with Crippen LogP contribution in [0, 0.1) is 0 Å². The maximum atomic E-state index is 11.8. The lowest BCUT2D eigenvalue weighted by molar-refractivity contribution is 0.473. The predicted molar refractivity (Wildman–Crippen MR) is 59.7 cm³/mol. The highest BCUT2D eigenvalue weighted by atomic mass is 32.2. The molecule has 2 aromatic rings. The van der Waals surface area contributed by atoms with Gasteiger partial charge in [0, 0.05) is 12.3 Å². The van der Waals surface area contributed by atoms with Crippen molar-refractivity contribution in [1.29, 1.82) is 0 Å². The molecule has 1 aromatic carbocycles. The summed E-state index contributed by atoms with van der Waals surface area (Å²) in [5.41, 5.74) is 0. The summed E-state index contributed by atoms with van der Waals surface area (Å²) in [6.07, 6.45) is 1.61. The topological polar surface area (TPSA) is 82.2 Å². The summed E-state index contributed by atoms with van der Waals surface area (Å²) in [4.78, 5) is 2.74. The van der Waals surface area contributed by atoms with Gasteiger partial charge in [0.15, 0.2) is 0 Å². The Kier molecular flexibility index (Phi) is 2.57. The van der Waals surface area contributed by atoms with E-state index in [0.717, 1.165) is 0 Å². The van der Waals surface area contributed by atoms with E-state index in [0.29, 0.717) is 5.82 Å². The number of hydrogen-bond acceptors (Lipinski definition) is 3. The summed E-state index contributed by atoms with van der Waals surface area (Å²) in [6.45, 7) is 0. The van der Waals surface area contributed by atoms with E-state index < -0.39 is 10.0 Å². The number of phenolic OH excluding ortho intramolecular Hbond substituents is 1. The monoisotopic (exact) mass is 238 g/mol. The SMILES string of the molecule is O=S(=O)(Nc1ccc[nH]1)c1cccc(O)c1. The predicted octanol–water partition coefficient (Wildman–Crippen LogP) is 1.52. The molecule has 0 spiro atoms. The number of phenols is 1. The number of H-pyrrole nitrogens is 1. The van der Waals surface area contributed by atoms with E-state index in [1.54, 1.807) is 18.3 Å². The highest BCUT2D eigenvalue weighted by molar-refractivity contribution is 7.92. The zero-order valence-electron chi connectivity index (χ0n) is 8.21. The summed E-state index contributed by atoms with van der Waals surface area (Å²) in [7, 11) is -3.65. The van der Waals surface area contributed by atoms with E-state index in [9.17, 15) is 13.5 Å². The van der Waals surface area contributed by atoms with Gasteiger partial charge in [-0.1, -0.05) is 6.07 Å². The standard InChI is InChI=1S/C10H10N2O3S/c13-8-3-1-4-9(7-8)16(14,15)12-10-5-2-6-11-10/h1-7,11-13H. The Balaban J connectivity index is 2.33. The molecule has 0 atom stereocenters. The first kappa shape index (κ1) is 10.6. The van der Waals surface area contributed by atoms with Crippen LogP contribution in [0.2, 0.25) is 0 Å². The van der Waals surface area contributed by atoms with Gasteiger partial charge in [-0.05, 0) is 24.3 Å². The second kappa shape index (κ2) is 3.90. The molecule has 16 heavy (non-hydrogen) atoms. The summed E-state index contributed by atoms with van der Waals surface area (Å²) >= 11 is 0. The minimum atomic E-state index is -3.65. The van der Waals surface area contributed by atoms with Gasteiger partial charge in [-0.3, -0.25) is 4.72 Å². The molecule has 0 unspecified atom stereocenters. The van der Waals surface area contributed by atoms with Crippen LogP contribution in [0.25, 0.3) is 0 Å². The zero-order valence-corrected chi connectivity index (χ0v) is 9.03. The molecule has 84 valence electrons. The molecule has 6 heteroatoms. The first-order chi connectivity index (χ1) is 7.58. The highest BCUT2D eigenvalue weighted by Crippen LogP contribution is 2.18. The zero-order chi connectivity index (χ0) is 11.6. The van der Waals surface area contributed by atoms with Crippen LogP contribution in [-0.2, 0) is 10.0 Å². The molecule has 0 amide bonds. The molecular weight excluding hydrogens is 228 g/mol. The van der Waals surface area contributed by atoms with Gasteiger partial charge < -0.3 is 10.1 Å². The van der Waals surface area contributed by atoms with Gasteiger partial charge in [-0.25, -0.2) is 8.42 Å². The van der Waals surface area contributed by atoms with Crippen molar-refractivity contribution in [3.63, 3.8) is 0 Å². The van der Waals surface area contributed by atoms with Crippen LogP contribution in [0.1, 0.15) is 0 Å². The quantitative estimate of drug-likeness (QED) is 0.758. The van der Waals surface area contributed by atoms with Crippen LogP contribution < -0.4 is 4.72 Å². The number of benzene rings is 1. The molecule has 0 aliphatic rings. The molecule has 2 rings (SSSR count). The largest absolute Gasteiger partial charge is 0.508 e. The number of aromatic amines is 1. The Morgan fingerprint density at radius 1 is 1.19 bits per heavy atom. The minimum absolute atomic E-state index is 0.0158. The molecule has 0 fully saturated rings. The molecule has 0 aliphatic heterocycles. The first-order valence-corrected chi connectivity index (χ1v) is 6.01. The number of anilines is 1. The van der Waals surface area contributed by atoms with Crippen molar-refractivity contribution in [1.82, 2.24) is 4.98 Å². The highest BCUT2D eigenvalue weighted by Gasteiger charge is 2.14. The molecular formula is C10H10N2O3S. The average Bonchev–Trinajstić information content (AvgIpc) is 2.70. The van der Waals surface area contributed by atoms with Crippen molar-refractivity contribution in [3.05, 3.63) is 42.6 Å². The van der Waals surface area contributed by atoms with Crippen LogP contribution in [0.15, 0.2) is 47.5 Å². The third-order valence-corrected chi connectivity index (χ3v) is 3.33. The smallest absolute Gasteiger partial charge is 0.263 e. The molecule has 0 bridgehead atoms. The van der Waals surface area contributed by atoms with Gasteiger partial charge in [-0.2, -0.15) is 0 Å². The first-order valence-electron chi connectivity index (χ1n) is 4.53. The lowest BCUT2D eigenvalue weighted by Gasteiger charge is -2.06. The number of rotatable bonds is 3. The van der Waals surface area contributed by atoms with Crippen molar-refractivity contribution in [2.45, 2.75) is 4.90 Å². The summed E-state index contributed by atoms with van der Waals surface area (Å²) in [5, 5.41) is 9.20. The third-order valence-electron chi connectivity index (χ3n) is 1.97. The summed E-state index contributed by atoms with van der Waals surface area (Å²) < 4.78 is 26.0. The van der Waals surface area contributed by atoms with Crippen LogP contribution in [-0.4, -0.2) is 18.5 Å². The van der Waals surface area contributed by atoms with Crippen molar-refractivity contribution < 1.29 is 13.5 Å². The molecule has 1 aromatic heterocycles. The molecule has 3 N–H and O–H groups in total. The maximum absolute atomic E-state index is 11.8. The normalized spacial score (nSPS) is 11.2. The second-order valence-corrected chi connectivity index (χ2v) is 4.87.